The number of ether oxygens (including phenoxy) is 1. The van der Waals surface area contributed by atoms with Gasteiger partial charge >= 0.3 is 5.97 Å². The molecule has 7 nitrogen and oxygen atoms in total. The largest absolute Gasteiger partial charge is 0.465 e. The van der Waals surface area contributed by atoms with Gasteiger partial charge in [0.2, 0.25) is 0 Å². The summed E-state index contributed by atoms with van der Waals surface area (Å²) in [7, 11) is 1.28. The minimum atomic E-state index is -0.532. The van der Waals surface area contributed by atoms with E-state index in [1.54, 1.807) is 12.1 Å². The Kier molecular flexibility index (Phi) is 5.89. The smallest absolute Gasteiger partial charge is 0.337 e. The van der Waals surface area contributed by atoms with Gasteiger partial charge in [0.25, 0.3) is 5.91 Å². The number of benzene rings is 1. The van der Waals surface area contributed by atoms with E-state index < -0.39 is 5.97 Å². The van der Waals surface area contributed by atoms with Gasteiger partial charge in [-0.25, -0.2) is 10.6 Å². The molecule has 2 rings (SSSR count). The van der Waals surface area contributed by atoms with Crippen molar-refractivity contribution in [2.75, 3.05) is 12.4 Å². The van der Waals surface area contributed by atoms with E-state index in [1.807, 2.05) is 0 Å². The summed E-state index contributed by atoms with van der Waals surface area (Å²) in [5.41, 5.74) is 3.39. The molecule has 1 amide bonds. The molecule has 1 saturated carbocycles. The second kappa shape index (κ2) is 7.89. The van der Waals surface area contributed by atoms with E-state index in [-0.39, 0.29) is 22.6 Å². The molecule has 0 unspecified atom stereocenters. The fraction of sp³-hybridized carbons (Fsp3) is 0.400. The van der Waals surface area contributed by atoms with Crippen molar-refractivity contribution in [1.29, 1.82) is 0 Å². The molecule has 0 bridgehead atoms. The molecule has 124 valence electrons. The van der Waals surface area contributed by atoms with Crippen LogP contribution in [0.25, 0.3) is 0 Å². The Bertz CT molecular complexity index is 615. The minimum Gasteiger partial charge on any atom is -0.465 e. The van der Waals surface area contributed by atoms with E-state index in [0.29, 0.717) is 11.3 Å². The van der Waals surface area contributed by atoms with Crippen LogP contribution in [0.4, 0.5) is 5.69 Å². The average molecular weight is 336 g/mol. The predicted molar refractivity (Wildman–Crippen MR) is 91.0 cm³/mol. The van der Waals surface area contributed by atoms with Crippen LogP contribution in [0.5, 0.6) is 0 Å². The Morgan fingerprint density at radius 2 is 1.87 bits per heavy atom. The van der Waals surface area contributed by atoms with Crippen LogP contribution >= 0.6 is 12.2 Å². The lowest BCUT2D eigenvalue weighted by Crippen LogP contribution is -2.34. The SMILES string of the molecule is COC(=O)c1cc(NC(=S)NN)cc(C(=O)NC2CCCC2)c1. The minimum absolute atomic E-state index is 0.175. The molecule has 1 fully saturated rings. The maximum absolute atomic E-state index is 12.4. The third-order valence-corrected chi connectivity index (χ3v) is 3.92. The topological polar surface area (TPSA) is 105 Å². The lowest BCUT2D eigenvalue weighted by atomic mass is 10.1. The molecule has 1 aromatic carbocycles. The third kappa shape index (κ3) is 4.64. The van der Waals surface area contributed by atoms with Gasteiger partial charge < -0.3 is 20.8 Å². The number of thiocarbonyl (C=S) groups is 1. The van der Waals surface area contributed by atoms with Gasteiger partial charge in [-0.1, -0.05) is 12.8 Å². The first-order chi connectivity index (χ1) is 11.0. The molecule has 0 spiro atoms. The lowest BCUT2D eigenvalue weighted by molar-refractivity contribution is 0.0601. The van der Waals surface area contributed by atoms with E-state index >= 15 is 0 Å². The highest BCUT2D eigenvalue weighted by Gasteiger charge is 2.19. The highest BCUT2D eigenvalue weighted by Crippen LogP contribution is 2.20. The zero-order valence-corrected chi connectivity index (χ0v) is 13.7. The normalized spacial score (nSPS) is 14.2. The zero-order valence-electron chi connectivity index (χ0n) is 12.8. The van der Waals surface area contributed by atoms with E-state index in [0.717, 1.165) is 25.7 Å². The summed E-state index contributed by atoms with van der Waals surface area (Å²) in [6.07, 6.45) is 4.20. The fourth-order valence-electron chi connectivity index (χ4n) is 2.57. The Balaban J connectivity index is 2.24. The number of carbonyl (C=O) groups is 2. The molecule has 0 radical (unpaired) electrons. The maximum Gasteiger partial charge on any atom is 0.337 e. The molecule has 5 N–H and O–H groups in total. The number of hydrogen-bond acceptors (Lipinski definition) is 5. The first kappa shape index (κ1) is 17.2. The second-order valence-electron chi connectivity index (χ2n) is 5.34. The summed E-state index contributed by atoms with van der Waals surface area (Å²) >= 11 is 4.94. The highest BCUT2D eigenvalue weighted by atomic mass is 32.1. The standard InChI is InChI=1S/C15H20N4O3S/c1-22-14(21)10-6-9(7-12(8-10)18-15(23)19-16)13(20)17-11-4-2-3-5-11/h6-8,11H,2-5,16H2,1H3,(H,17,20)(H2,18,19,23). The average Bonchev–Trinajstić information content (AvgIpc) is 3.06. The van der Waals surface area contributed by atoms with Crippen LogP contribution in [-0.4, -0.2) is 30.1 Å². The summed E-state index contributed by atoms with van der Waals surface area (Å²) < 4.78 is 4.72. The van der Waals surface area contributed by atoms with Crippen LogP contribution in [0.2, 0.25) is 0 Å². The zero-order chi connectivity index (χ0) is 16.8. The van der Waals surface area contributed by atoms with Crippen molar-refractivity contribution in [3.05, 3.63) is 29.3 Å². The summed E-state index contributed by atoms with van der Waals surface area (Å²) in [5, 5.41) is 5.96. The second-order valence-corrected chi connectivity index (χ2v) is 5.75. The number of hydrazine groups is 1. The van der Waals surface area contributed by atoms with E-state index in [9.17, 15) is 9.59 Å². The van der Waals surface area contributed by atoms with E-state index in [2.05, 4.69) is 16.1 Å². The molecule has 1 aliphatic carbocycles. The van der Waals surface area contributed by atoms with Crippen LogP contribution in [0, 0.1) is 0 Å². The van der Waals surface area contributed by atoms with E-state index in [4.69, 9.17) is 22.8 Å². The molecule has 1 aliphatic rings. The monoisotopic (exact) mass is 336 g/mol. The van der Waals surface area contributed by atoms with Crippen LogP contribution in [0.15, 0.2) is 18.2 Å². The van der Waals surface area contributed by atoms with Gasteiger partial charge in [0.05, 0.1) is 12.7 Å². The number of nitrogens with one attached hydrogen (secondary N) is 3. The summed E-state index contributed by atoms with van der Waals surface area (Å²) in [5.74, 6) is 4.47. The molecule has 0 aliphatic heterocycles. The van der Waals surface area contributed by atoms with Crippen molar-refractivity contribution >= 4 is 34.9 Å². The van der Waals surface area contributed by atoms with Gasteiger partial charge in [0.1, 0.15) is 0 Å². The van der Waals surface area contributed by atoms with Crippen molar-refractivity contribution in [2.45, 2.75) is 31.7 Å². The van der Waals surface area contributed by atoms with Gasteiger partial charge in [0.15, 0.2) is 5.11 Å². The number of hydrogen-bond donors (Lipinski definition) is 4. The molecule has 0 saturated heterocycles. The molecule has 1 aromatic rings. The lowest BCUT2D eigenvalue weighted by Gasteiger charge is -2.14. The molecular formula is C15H20N4O3S. The Hall–Kier alpha value is -2.19. The summed E-state index contributed by atoms with van der Waals surface area (Å²) in [6.45, 7) is 0. The Morgan fingerprint density at radius 1 is 1.22 bits per heavy atom. The predicted octanol–water partition coefficient (Wildman–Crippen LogP) is 1.31. The molecular weight excluding hydrogens is 316 g/mol. The Morgan fingerprint density at radius 3 is 2.48 bits per heavy atom. The third-order valence-electron chi connectivity index (χ3n) is 3.70. The van der Waals surface area contributed by atoms with Crippen LogP contribution in [0.1, 0.15) is 46.4 Å². The number of carbonyl (C=O) groups excluding carboxylic acids is 2. The van der Waals surface area contributed by atoms with Gasteiger partial charge in [-0.15, -0.1) is 0 Å². The van der Waals surface area contributed by atoms with Gasteiger partial charge in [0, 0.05) is 17.3 Å². The number of esters is 1. The van der Waals surface area contributed by atoms with Gasteiger partial charge in [-0.3, -0.25) is 4.79 Å². The highest BCUT2D eigenvalue weighted by molar-refractivity contribution is 7.80. The number of methoxy groups -OCH3 is 1. The van der Waals surface area contributed by atoms with Crippen molar-refractivity contribution in [2.24, 2.45) is 5.84 Å². The first-order valence-electron chi connectivity index (χ1n) is 7.35. The van der Waals surface area contributed by atoms with Crippen LogP contribution in [-0.2, 0) is 4.74 Å². The summed E-state index contributed by atoms with van der Waals surface area (Å²) in [6, 6.07) is 4.84. The molecule has 0 heterocycles. The van der Waals surface area contributed by atoms with Crippen molar-refractivity contribution < 1.29 is 14.3 Å². The van der Waals surface area contributed by atoms with Crippen molar-refractivity contribution in [3.63, 3.8) is 0 Å². The quantitative estimate of drug-likeness (QED) is 0.284. The molecule has 0 aromatic heterocycles. The number of rotatable bonds is 4. The van der Waals surface area contributed by atoms with Crippen molar-refractivity contribution in [1.82, 2.24) is 10.7 Å². The van der Waals surface area contributed by atoms with Crippen LogP contribution in [0.3, 0.4) is 0 Å². The molecule has 23 heavy (non-hydrogen) atoms. The van der Waals surface area contributed by atoms with E-state index in [1.165, 1.54) is 13.2 Å². The molecule has 0 atom stereocenters. The first-order valence-corrected chi connectivity index (χ1v) is 7.76. The summed E-state index contributed by atoms with van der Waals surface area (Å²) in [4.78, 5) is 24.2. The van der Waals surface area contributed by atoms with Gasteiger partial charge in [-0.2, -0.15) is 0 Å². The Labute approximate surface area is 139 Å². The fourth-order valence-corrected chi connectivity index (χ4v) is 2.69. The number of amides is 1. The number of nitrogens with two attached hydrogens (primary N) is 1. The van der Waals surface area contributed by atoms with Crippen molar-refractivity contribution in [3.8, 4) is 0 Å². The number of anilines is 1. The molecule has 8 heteroatoms. The maximum atomic E-state index is 12.4. The van der Waals surface area contributed by atoms with Crippen LogP contribution < -0.4 is 21.9 Å². The van der Waals surface area contributed by atoms with Gasteiger partial charge in [-0.05, 0) is 43.3 Å².